The number of hydrogen-bond donors (Lipinski definition) is 2. The molecule has 0 atom stereocenters. The summed E-state index contributed by atoms with van der Waals surface area (Å²) in [5.74, 6) is 0.107. The van der Waals surface area contributed by atoms with Crippen molar-refractivity contribution in [1.82, 2.24) is 14.9 Å². The van der Waals surface area contributed by atoms with Gasteiger partial charge < -0.3 is 15.2 Å². The van der Waals surface area contributed by atoms with Crippen LogP contribution >= 0.6 is 11.6 Å². The molecule has 0 aliphatic heterocycles. The molecule has 4 rings (SSSR count). The summed E-state index contributed by atoms with van der Waals surface area (Å²) in [6, 6.07) is 23.7. The van der Waals surface area contributed by atoms with E-state index in [1.165, 1.54) is 0 Å². The zero-order valence-corrected chi connectivity index (χ0v) is 16.8. The molecule has 0 saturated carbocycles. The number of amides is 2. The third kappa shape index (κ3) is 4.34. The van der Waals surface area contributed by atoms with Crippen molar-refractivity contribution in [3.05, 3.63) is 95.3 Å². The standard InChI is InChI=1S/C23H19ClN4O2/c24-18-11-5-4-10-17(18)23(30)25-14-21-27-19-12-6-7-13-20(19)28(21)15-22(29)26-16-8-2-1-3-9-16/h1-13H,14-15H2,(H,25,30)(H,26,29). The monoisotopic (exact) mass is 418 g/mol. The summed E-state index contributed by atoms with van der Waals surface area (Å²) in [4.78, 5) is 29.7. The van der Waals surface area contributed by atoms with E-state index in [0.29, 0.717) is 16.4 Å². The Balaban J connectivity index is 1.55. The first kappa shape index (κ1) is 19.7. The topological polar surface area (TPSA) is 76.0 Å². The molecule has 0 aliphatic rings. The Morgan fingerprint density at radius 3 is 2.40 bits per heavy atom. The lowest BCUT2D eigenvalue weighted by Gasteiger charge is -2.11. The van der Waals surface area contributed by atoms with Crippen LogP contribution in [-0.4, -0.2) is 21.4 Å². The first-order valence-electron chi connectivity index (χ1n) is 9.43. The largest absolute Gasteiger partial charge is 0.345 e. The smallest absolute Gasteiger partial charge is 0.253 e. The van der Waals surface area contributed by atoms with E-state index >= 15 is 0 Å². The van der Waals surface area contributed by atoms with Gasteiger partial charge in [0.25, 0.3) is 5.91 Å². The third-order valence-corrected chi connectivity index (χ3v) is 4.95. The summed E-state index contributed by atoms with van der Waals surface area (Å²) in [7, 11) is 0. The molecule has 0 fully saturated rings. The highest BCUT2D eigenvalue weighted by atomic mass is 35.5. The minimum atomic E-state index is -0.298. The average molecular weight is 419 g/mol. The summed E-state index contributed by atoms with van der Waals surface area (Å²) in [6.45, 7) is 0.240. The molecule has 0 bridgehead atoms. The summed E-state index contributed by atoms with van der Waals surface area (Å²) in [6.07, 6.45) is 0. The van der Waals surface area contributed by atoms with E-state index in [9.17, 15) is 9.59 Å². The Kier molecular flexibility index (Phi) is 5.77. The van der Waals surface area contributed by atoms with E-state index in [1.54, 1.807) is 28.8 Å². The Morgan fingerprint density at radius 1 is 0.900 bits per heavy atom. The van der Waals surface area contributed by atoms with Gasteiger partial charge in [0.1, 0.15) is 12.4 Å². The van der Waals surface area contributed by atoms with Crippen LogP contribution in [0.3, 0.4) is 0 Å². The van der Waals surface area contributed by atoms with Gasteiger partial charge in [-0.3, -0.25) is 9.59 Å². The Morgan fingerprint density at radius 2 is 1.60 bits per heavy atom. The number of benzene rings is 3. The van der Waals surface area contributed by atoms with Crippen molar-refractivity contribution >= 4 is 40.1 Å². The lowest BCUT2D eigenvalue weighted by Crippen LogP contribution is -2.26. The van der Waals surface area contributed by atoms with Gasteiger partial charge in [-0.1, -0.05) is 54.1 Å². The Hall–Kier alpha value is -3.64. The van der Waals surface area contributed by atoms with Crippen LogP contribution in [0.4, 0.5) is 5.69 Å². The molecule has 0 saturated heterocycles. The van der Waals surface area contributed by atoms with Crippen LogP contribution < -0.4 is 10.6 Å². The minimum absolute atomic E-state index is 0.0761. The van der Waals surface area contributed by atoms with Gasteiger partial charge in [-0.15, -0.1) is 0 Å². The SMILES string of the molecule is O=C(Cn1c(CNC(=O)c2ccccc2Cl)nc2ccccc21)Nc1ccccc1. The van der Waals surface area contributed by atoms with Gasteiger partial charge >= 0.3 is 0 Å². The van der Waals surface area contributed by atoms with Crippen LogP contribution in [0.25, 0.3) is 11.0 Å². The molecule has 4 aromatic rings. The average Bonchev–Trinajstić information content (AvgIpc) is 3.10. The van der Waals surface area contributed by atoms with E-state index in [4.69, 9.17) is 11.6 Å². The number of nitrogens with zero attached hydrogens (tertiary/aromatic N) is 2. The molecule has 0 unspecified atom stereocenters. The number of carbonyl (C=O) groups is 2. The number of para-hydroxylation sites is 3. The van der Waals surface area contributed by atoms with Gasteiger partial charge in [0.2, 0.25) is 5.91 Å². The van der Waals surface area contributed by atoms with Crippen molar-refractivity contribution in [2.75, 3.05) is 5.32 Å². The molecule has 0 spiro atoms. The number of hydrogen-bond acceptors (Lipinski definition) is 3. The van der Waals surface area contributed by atoms with Gasteiger partial charge in [0.15, 0.2) is 0 Å². The van der Waals surface area contributed by atoms with Crippen molar-refractivity contribution in [1.29, 1.82) is 0 Å². The van der Waals surface area contributed by atoms with E-state index in [-0.39, 0.29) is 24.9 Å². The fourth-order valence-electron chi connectivity index (χ4n) is 3.20. The summed E-state index contributed by atoms with van der Waals surface area (Å²) >= 11 is 6.11. The number of rotatable bonds is 6. The zero-order chi connectivity index (χ0) is 20.9. The molecular weight excluding hydrogens is 400 g/mol. The van der Waals surface area contributed by atoms with Gasteiger partial charge in [-0.2, -0.15) is 0 Å². The maximum atomic E-state index is 12.6. The Labute approximate surface area is 178 Å². The summed E-state index contributed by atoms with van der Waals surface area (Å²) in [5, 5.41) is 6.10. The zero-order valence-electron chi connectivity index (χ0n) is 16.0. The summed E-state index contributed by atoms with van der Waals surface area (Å²) < 4.78 is 1.81. The highest BCUT2D eigenvalue weighted by molar-refractivity contribution is 6.33. The molecule has 6 nitrogen and oxygen atoms in total. The van der Waals surface area contributed by atoms with Crippen molar-refractivity contribution in [3.8, 4) is 0 Å². The van der Waals surface area contributed by atoms with Gasteiger partial charge in [0, 0.05) is 5.69 Å². The molecule has 7 heteroatoms. The molecule has 2 N–H and O–H groups in total. The van der Waals surface area contributed by atoms with Gasteiger partial charge in [-0.25, -0.2) is 4.98 Å². The minimum Gasteiger partial charge on any atom is -0.345 e. The highest BCUT2D eigenvalue weighted by Crippen LogP contribution is 2.18. The van der Waals surface area contributed by atoms with Crippen molar-refractivity contribution in [3.63, 3.8) is 0 Å². The maximum absolute atomic E-state index is 12.6. The molecule has 1 aromatic heterocycles. The quantitative estimate of drug-likeness (QED) is 0.491. The molecule has 0 radical (unpaired) electrons. The fraction of sp³-hybridized carbons (Fsp3) is 0.0870. The highest BCUT2D eigenvalue weighted by Gasteiger charge is 2.16. The number of nitrogens with one attached hydrogen (secondary N) is 2. The first-order valence-corrected chi connectivity index (χ1v) is 9.81. The number of carbonyl (C=O) groups excluding carboxylic acids is 2. The molecule has 30 heavy (non-hydrogen) atoms. The Bertz CT molecular complexity index is 1200. The van der Waals surface area contributed by atoms with E-state index in [1.807, 2.05) is 54.6 Å². The first-order chi connectivity index (χ1) is 14.6. The molecule has 2 amide bonds. The molecule has 1 heterocycles. The van der Waals surface area contributed by atoms with Crippen molar-refractivity contribution in [2.24, 2.45) is 0 Å². The van der Waals surface area contributed by atoms with Crippen LogP contribution in [0.2, 0.25) is 5.02 Å². The number of imidazole rings is 1. The number of aromatic nitrogens is 2. The third-order valence-electron chi connectivity index (χ3n) is 4.62. The van der Waals surface area contributed by atoms with Crippen LogP contribution in [0.5, 0.6) is 0 Å². The molecule has 3 aromatic carbocycles. The predicted octanol–water partition coefficient (Wildman–Crippen LogP) is 4.26. The van der Waals surface area contributed by atoms with Crippen LogP contribution in [0.15, 0.2) is 78.9 Å². The van der Waals surface area contributed by atoms with Crippen LogP contribution in [0, 0.1) is 0 Å². The normalized spacial score (nSPS) is 10.7. The fourth-order valence-corrected chi connectivity index (χ4v) is 3.42. The van der Waals surface area contributed by atoms with Crippen LogP contribution in [-0.2, 0) is 17.9 Å². The number of anilines is 1. The van der Waals surface area contributed by atoms with E-state index < -0.39 is 0 Å². The van der Waals surface area contributed by atoms with Crippen molar-refractivity contribution < 1.29 is 9.59 Å². The molecule has 150 valence electrons. The summed E-state index contributed by atoms with van der Waals surface area (Å²) in [5.41, 5.74) is 2.69. The second-order valence-electron chi connectivity index (χ2n) is 6.68. The molecular formula is C23H19ClN4O2. The van der Waals surface area contributed by atoms with Crippen molar-refractivity contribution in [2.45, 2.75) is 13.1 Å². The second-order valence-corrected chi connectivity index (χ2v) is 7.09. The predicted molar refractivity (Wildman–Crippen MR) is 117 cm³/mol. The lowest BCUT2D eigenvalue weighted by atomic mass is 10.2. The van der Waals surface area contributed by atoms with E-state index in [2.05, 4.69) is 15.6 Å². The number of halogens is 1. The second kappa shape index (κ2) is 8.80. The van der Waals surface area contributed by atoms with Crippen LogP contribution in [0.1, 0.15) is 16.2 Å². The van der Waals surface area contributed by atoms with Gasteiger partial charge in [-0.05, 0) is 36.4 Å². The lowest BCUT2D eigenvalue weighted by molar-refractivity contribution is -0.116. The number of fused-ring (bicyclic) bond motifs is 1. The molecule has 0 aliphatic carbocycles. The van der Waals surface area contributed by atoms with E-state index in [0.717, 1.165) is 16.7 Å². The van der Waals surface area contributed by atoms with Gasteiger partial charge in [0.05, 0.1) is 28.2 Å². The maximum Gasteiger partial charge on any atom is 0.253 e.